The van der Waals surface area contributed by atoms with Crippen LogP contribution in [0.2, 0.25) is 0 Å². The maximum Gasteiger partial charge on any atom is 0.255 e. The maximum absolute atomic E-state index is 12.3. The molecule has 0 unspecified atom stereocenters. The van der Waals surface area contributed by atoms with E-state index >= 15 is 0 Å². The number of Topliss-reactive ketones (excluding diaryl/α,β-unsaturated/α-hetero) is 1. The molecule has 0 fully saturated rings. The third-order valence-corrected chi connectivity index (χ3v) is 4.62. The van der Waals surface area contributed by atoms with Crippen LogP contribution in [0.1, 0.15) is 39.1 Å². The normalized spacial score (nSPS) is 10.5. The minimum atomic E-state index is -0.185. The number of hydrogen-bond donors (Lipinski definition) is 1. The molecule has 1 N–H and O–H groups in total. The Morgan fingerprint density at radius 1 is 1.00 bits per heavy atom. The number of aryl methyl sites for hydroxylation is 1. The molecule has 0 aliphatic rings. The van der Waals surface area contributed by atoms with Crippen molar-refractivity contribution < 1.29 is 9.59 Å². The Morgan fingerprint density at radius 2 is 1.64 bits per heavy atom. The van der Waals surface area contributed by atoms with Gasteiger partial charge in [-0.15, -0.1) is 11.3 Å². The monoisotopic (exact) mass is 350 g/mol. The highest BCUT2D eigenvalue weighted by Gasteiger charge is 2.09. The van der Waals surface area contributed by atoms with Crippen molar-refractivity contribution in [2.45, 2.75) is 20.3 Å². The summed E-state index contributed by atoms with van der Waals surface area (Å²) in [5.41, 5.74) is 3.80. The van der Waals surface area contributed by atoms with E-state index in [-0.39, 0.29) is 11.7 Å². The Balaban J connectivity index is 1.70. The van der Waals surface area contributed by atoms with Crippen LogP contribution in [0.25, 0.3) is 11.3 Å². The smallest absolute Gasteiger partial charge is 0.255 e. The molecule has 4 nitrogen and oxygen atoms in total. The molecule has 1 heterocycles. The molecule has 2 aromatic carbocycles. The minimum absolute atomic E-state index is 0.0886. The summed E-state index contributed by atoms with van der Waals surface area (Å²) in [7, 11) is 0. The lowest BCUT2D eigenvalue weighted by atomic mass is 10.1. The molecule has 0 aliphatic heterocycles. The molecule has 0 atom stereocenters. The number of hydrogen-bond acceptors (Lipinski definition) is 4. The zero-order chi connectivity index (χ0) is 17.8. The van der Waals surface area contributed by atoms with Crippen molar-refractivity contribution in [1.82, 2.24) is 4.98 Å². The van der Waals surface area contributed by atoms with E-state index in [1.54, 1.807) is 47.7 Å². The third kappa shape index (κ3) is 4.00. The van der Waals surface area contributed by atoms with E-state index in [1.165, 1.54) is 0 Å². The Morgan fingerprint density at radius 3 is 2.20 bits per heavy atom. The van der Waals surface area contributed by atoms with Gasteiger partial charge in [-0.25, -0.2) is 4.98 Å². The average Bonchev–Trinajstić information content (AvgIpc) is 3.08. The van der Waals surface area contributed by atoms with Crippen molar-refractivity contribution in [2.75, 3.05) is 5.32 Å². The van der Waals surface area contributed by atoms with Crippen molar-refractivity contribution in [3.8, 4) is 11.3 Å². The number of thiazole rings is 1. The van der Waals surface area contributed by atoms with Gasteiger partial charge in [-0.3, -0.25) is 9.59 Å². The summed E-state index contributed by atoms with van der Waals surface area (Å²) in [5, 5.41) is 5.86. The van der Waals surface area contributed by atoms with E-state index in [4.69, 9.17) is 0 Å². The molecule has 0 aliphatic carbocycles. The van der Waals surface area contributed by atoms with Crippen molar-refractivity contribution in [1.29, 1.82) is 0 Å². The number of carbonyl (C=O) groups is 2. The van der Waals surface area contributed by atoms with Crippen LogP contribution >= 0.6 is 11.3 Å². The number of aromatic nitrogens is 1. The number of rotatable bonds is 5. The minimum Gasteiger partial charge on any atom is -0.322 e. The van der Waals surface area contributed by atoms with E-state index in [2.05, 4.69) is 10.3 Å². The Hall–Kier alpha value is -2.79. The number of amides is 1. The Labute approximate surface area is 150 Å². The molecular weight excluding hydrogens is 332 g/mol. The van der Waals surface area contributed by atoms with E-state index in [9.17, 15) is 9.59 Å². The molecule has 3 aromatic rings. The first kappa shape index (κ1) is 17.0. The van der Waals surface area contributed by atoms with Gasteiger partial charge in [0.15, 0.2) is 5.78 Å². The number of benzene rings is 2. The van der Waals surface area contributed by atoms with Crippen LogP contribution in [0.15, 0.2) is 53.9 Å². The molecule has 3 rings (SSSR count). The van der Waals surface area contributed by atoms with Gasteiger partial charge in [0.2, 0.25) is 0 Å². The fourth-order valence-corrected chi connectivity index (χ4v) is 3.06. The van der Waals surface area contributed by atoms with Gasteiger partial charge in [-0.1, -0.05) is 19.1 Å². The number of ketones is 1. The van der Waals surface area contributed by atoms with Crippen molar-refractivity contribution in [3.05, 3.63) is 70.0 Å². The van der Waals surface area contributed by atoms with E-state index in [0.29, 0.717) is 23.2 Å². The van der Waals surface area contributed by atoms with E-state index in [0.717, 1.165) is 16.3 Å². The van der Waals surface area contributed by atoms with Gasteiger partial charge in [0.25, 0.3) is 5.91 Å². The zero-order valence-corrected chi connectivity index (χ0v) is 14.9. The zero-order valence-electron chi connectivity index (χ0n) is 14.1. The van der Waals surface area contributed by atoms with Crippen LogP contribution in [0.5, 0.6) is 0 Å². The molecule has 25 heavy (non-hydrogen) atoms. The van der Waals surface area contributed by atoms with Gasteiger partial charge < -0.3 is 5.32 Å². The predicted molar refractivity (Wildman–Crippen MR) is 101 cm³/mol. The second-order valence-electron chi connectivity index (χ2n) is 5.64. The van der Waals surface area contributed by atoms with E-state index in [1.807, 2.05) is 31.4 Å². The summed E-state index contributed by atoms with van der Waals surface area (Å²) >= 11 is 1.60. The Bertz CT molecular complexity index is 896. The van der Waals surface area contributed by atoms with Crippen molar-refractivity contribution in [2.24, 2.45) is 0 Å². The van der Waals surface area contributed by atoms with Crippen LogP contribution in [0.3, 0.4) is 0 Å². The molecular formula is C20H18N2O2S. The number of nitrogens with zero attached hydrogens (tertiary/aromatic N) is 1. The summed E-state index contributed by atoms with van der Waals surface area (Å²) in [5.74, 6) is -0.0960. The Kier molecular flexibility index (Phi) is 5.05. The van der Waals surface area contributed by atoms with Gasteiger partial charge >= 0.3 is 0 Å². The lowest BCUT2D eigenvalue weighted by molar-refractivity contribution is 0.0987. The molecule has 1 amide bonds. The van der Waals surface area contributed by atoms with Gasteiger partial charge in [0, 0.05) is 34.2 Å². The second kappa shape index (κ2) is 7.40. The van der Waals surface area contributed by atoms with Crippen LogP contribution in [-0.2, 0) is 0 Å². The van der Waals surface area contributed by atoms with Gasteiger partial charge in [-0.2, -0.15) is 0 Å². The van der Waals surface area contributed by atoms with Crippen LogP contribution in [-0.4, -0.2) is 16.7 Å². The summed E-state index contributed by atoms with van der Waals surface area (Å²) < 4.78 is 0. The highest BCUT2D eigenvalue weighted by Crippen LogP contribution is 2.22. The first-order chi connectivity index (χ1) is 12.1. The molecule has 0 saturated heterocycles. The first-order valence-electron chi connectivity index (χ1n) is 8.04. The van der Waals surface area contributed by atoms with Crippen molar-refractivity contribution >= 4 is 28.7 Å². The fraction of sp³-hybridized carbons (Fsp3) is 0.150. The SMILES string of the molecule is CCC(=O)c1ccc(NC(=O)c2ccc(-c3csc(C)n3)cc2)cc1. The van der Waals surface area contributed by atoms with Gasteiger partial charge in [0.05, 0.1) is 10.7 Å². The topological polar surface area (TPSA) is 59.1 Å². The molecule has 1 aromatic heterocycles. The lowest BCUT2D eigenvalue weighted by Crippen LogP contribution is -2.11. The molecule has 0 spiro atoms. The molecule has 0 bridgehead atoms. The number of carbonyl (C=O) groups excluding carboxylic acids is 2. The highest BCUT2D eigenvalue weighted by atomic mass is 32.1. The lowest BCUT2D eigenvalue weighted by Gasteiger charge is -2.07. The maximum atomic E-state index is 12.3. The molecule has 5 heteroatoms. The van der Waals surface area contributed by atoms with Gasteiger partial charge in [0.1, 0.15) is 0 Å². The summed E-state index contributed by atoms with van der Waals surface area (Å²) in [6.07, 6.45) is 0.469. The number of anilines is 1. The summed E-state index contributed by atoms with van der Waals surface area (Å²) in [4.78, 5) is 28.4. The predicted octanol–water partition coefficient (Wildman–Crippen LogP) is 4.96. The summed E-state index contributed by atoms with van der Waals surface area (Å²) in [6.45, 7) is 3.80. The molecule has 0 saturated carbocycles. The quantitative estimate of drug-likeness (QED) is 0.661. The summed E-state index contributed by atoms with van der Waals surface area (Å²) in [6, 6.07) is 14.3. The third-order valence-electron chi connectivity index (χ3n) is 3.85. The highest BCUT2D eigenvalue weighted by molar-refractivity contribution is 7.09. The van der Waals surface area contributed by atoms with E-state index < -0.39 is 0 Å². The van der Waals surface area contributed by atoms with Crippen LogP contribution in [0.4, 0.5) is 5.69 Å². The van der Waals surface area contributed by atoms with Gasteiger partial charge in [-0.05, 0) is 43.3 Å². The number of nitrogens with one attached hydrogen (secondary N) is 1. The largest absolute Gasteiger partial charge is 0.322 e. The molecule has 126 valence electrons. The van der Waals surface area contributed by atoms with Crippen LogP contribution < -0.4 is 5.32 Å². The second-order valence-corrected chi connectivity index (χ2v) is 6.70. The van der Waals surface area contributed by atoms with Crippen LogP contribution in [0, 0.1) is 6.92 Å². The van der Waals surface area contributed by atoms with Crippen molar-refractivity contribution in [3.63, 3.8) is 0 Å². The fourth-order valence-electron chi connectivity index (χ4n) is 2.44. The standard InChI is InChI=1S/C20H18N2O2S/c1-3-19(23)15-8-10-17(11-9-15)22-20(24)16-6-4-14(5-7-16)18-12-25-13(2)21-18/h4-12H,3H2,1-2H3,(H,22,24). The first-order valence-corrected chi connectivity index (χ1v) is 8.92. The average molecular weight is 350 g/mol. The molecule has 0 radical (unpaired) electrons.